The molecule has 0 spiro atoms. The second-order valence-electron chi connectivity index (χ2n) is 7.79. The number of benzene rings is 1. The summed E-state index contributed by atoms with van der Waals surface area (Å²) in [5.74, 6) is -0.482. The fraction of sp³-hybridized carbons (Fsp3) is 0.417. The highest BCUT2D eigenvalue weighted by molar-refractivity contribution is 7.91. The van der Waals surface area contributed by atoms with Crippen LogP contribution in [0, 0.1) is 5.92 Å². The number of tetrazole rings is 1. The topological polar surface area (TPSA) is 113 Å². The standard InChI is InChI=1S/C24H32N4O5S/c1-6-33-23(29)20(4)16-18(2)12-13-19(3)17-22(32-5)14-15-34(30,31)24-25-26-27-28(24)21-10-8-7-9-11-21/h7-13,16-18,22H,6,14-15H2,1-5H3/b13-12+,19-17+,20-16+/t18-,22+/m1/s1. The predicted octanol–water partition coefficient (Wildman–Crippen LogP) is 3.49. The van der Waals surface area contributed by atoms with E-state index in [2.05, 4.69) is 15.5 Å². The molecule has 10 heteroatoms. The minimum absolute atomic E-state index is 0.0194. The number of esters is 1. The number of nitrogens with zero attached hydrogens (tertiary/aromatic N) is 4. The van der Waals surface area contributed by atoms with Crippen LogP contribution in [0.2, 0.25) is 0 Å². The SMILES string of the molecule is CCOC(=O)/C(C)=C/[C@H](C)/C=C/C(C)=C/[C@H](CCS(=O)(=O)c1nnnn1-c1ccccc1)OC. The van der Waals surface area contributed by atoms with E-state index in [4.69, 9.17) is 9.47 Å². The van der Waals surface area contributed by atoms with E-state index in [1.807, 2.05) is 44.2 Å². The zero-order chi connectivity index (χ0) is 25.1. The Labute approximate surface area is 201 Å². The van der Waals surface area contributed by atoms with Crippen LogP contribution in [0.15, 0.2) is 70.9 Å². The van der Waals surface area contributed by atoms with E-state index in [-0.39, 0.29) is 29.2 Å². The van der Waals surface area contributed by atoms with E-state index in [0.29, 0.717) is 17.9 Å². The Hall–Kier alpha value is -3.11. The molecule has 0 unspecified atom stereocenters. The summed E-state index contributed by atoms with van der Waals surface area (Å²) in [7, 11) is -2.21. The van der Waals surface area contributed by atoms with E-state index in [0.717, 1.165) is 5.57 Å². The maximum absolute atomic E-state index is 12.9. The first kappa shape index (κ1) is 27.1. The van der Waals surface area contributed by atoms with Crippen molar-refractivity contribution in [2.45, 2.75) is 45.4 Å². The van der Waals surface area contributed by atoms with Crippen molar-refractivity contribution in [3.63, 3.8) is 0 Å². The molecule has 2 aromatic rings. The van der Waals surface area contributed by atoms with Crippen LogP contribution in [0.5, 0.6) is 0 Å². The van der Waals surface area contributed by atoms with Gasteiger partial charge in [-0.05, 0) is 55.7 Å². The summed E-state index contributed by atoms with van der Waals surface area (Å²) in [6.07, 6.45) is 7.39. The van der Waals surface area contributed by atoms with Crippen molar-refractivity contribution >= 4 is 15.8 Å². The number of allylic oxidation sites excluding steroid dienone is 4. The predicted molar refractivity (Wildman–Crippen MR) is 129 cm³/mol. The van der Waals surface area contributed by atoms with Crippen molar-refractivity contribution in [2.75, 3.05) is 19.5 Å². The molecule has 2 atom stereocenters. The molecule has 0 radical (unpaired) electrons. The van der Waals surface area contributed by atoms with Gasteiger partial charge in [-0.25, -0.2) is 13.2 Å². The van der Waals surface area contributed by atoms with Gasteiger partial charge in [-0.15, -0.1) is 0 Å². The maximum Gasteiger partial charge on any atom is 0.333 e. The molecule has 2 rings (SSSR count). The summed E-state index contributed by atoms with van der Waals surface area (Å²) >= 11 is 0. The van der Waals surface area contributed by atoms with E-state index < -0.39 is 15.9 Å². The molecule has 0 aliphatic carbocycles. The fourth-order valence-electron chi connectivity index (χ4n) is 3.15. The highest BCUT2D eigenvalue weighted by Crippen LogP contribution is 2.16. The first-order chi connectivity index (χ1) is 16.2. The molecule has 1 aromatic heterocycles. The van der Waals surface area contributed by atoms with Crippen molar-refractivity contribution in [3.8, 4) is 5.69 Å². The normalized spacial score (nSPS) is 14.9. The Kier molecular flexibility index (Phi) is 10.3. The van der Waals surface area contributed by atoms with E-state index >= 15 is 0 Å². The summed E-state index contributed by atoms with van der Waals surface area (Å²) in [6.45, 7) is 7.70. The third-order valence-electron chi connectivity index (χ3n) is 4.92. The largest absolute Gasteiger partial charge is 0.463 e. The Morgan fingerprint density at radius 2 is 1.88 bits per heavy atom. The monoisotopic (exact) mass is 488 g/mol. The number of rotatable bonds is 12. The summed E-state index contributed by atoms with van der Waals surface area (Å²) in [5.41, 5.74) is 2.03. The van der Waals surface area contributed by atoms with Gasteiger partial charge < -0.3 is 9.47 Å². The van der Waals surface area contributed by atoms with Crippen LogP contribution in [-0.2, 0) is 24.1 Å². The lowest BCUT2D eigenvalue weighted by molar-refractivity contribution is -0.138. The van der Waals surface area contributed by atoms with Crippen LogP contribution in [0.1, 0.15) is 34.1 Å². The first-order valence-corrected chi connectivity index (χ1v) is 12.6. The minimum atomic E-state index is -3.74. The van der Waals surface area contributed by atoms with Gasteiger partial charge in [0, 0.05) is 12.7 Å². The first-order valence-electron chi connectivity index (χ1n) is 11.0. The zero-order valence-electron chi connectivity index (χ0n) is 20.2. The van der Waals surface area contributed by atoms with Gasteiger partial charge in [-0.3, -0.25) is 0 Å². The molecule has 1 aromatic carbocycles. The number of aromatic nitrogens is 4. The molecule has 34 heavy (non-hydrogen) atoms. The molecule has 184 valence electrons. The Morgan fingerprint density at radius 1 is 1.18 bits per heavy atom. The van der Waals surface area contributed by atoms with Gasteiger partial charge in [-0.2, -0.15) is 4.68 Å². The number of carbonyl (C=O) groups is 1. The number of methoxy groups -OCH3 is 1. The number of carbonyl (C=O) groups excluding carboxylic acids is 1. The van der Waals surface area contributed by atoms with Crippen molar-refractivity contribution in [2.24, 2.45) is 5.92 Å². The van der Waals surface area contributed by atoms with E-state index in [9.17, 15) is 13.2 Å². The van der Waals surface area contributed by atoms with Crippen LogP contribution in [0.25, 0.3) is 5.69 Å². The van der Waals surface area contributed by atoms with Gasteiger partial charge in [0.1, 0.15) is 0 Å². The van der Waals surface area contributed by atoms with E-state index in [1.54, 1.807) is 38.1 Å². The van der Waals surface area contributed by atoms with Crippen LogP contribution >= 0.6 is 0 Å². The smallest absolute Gasteiger partial charge is 0.333 e. The van der Waals surface area contributed by atoms with Crippen molar-refractivity contribution in [1.82, 2.24) is 20.2 Å². The minimum Gasteiger partial charge on any atom is -0.463 e. The Balaban J connectivity index is 2.04. The summed E-state index contributed by atoms with van der Waals surface area (Å²) in [4.78, 5) is 11.7. The lowest BCUT2D eigenvalue weighted by Crippen LogP contribution is -2.19. The quantitative estimate of drug-likeness (QED) is 0.253. The van der Waals surface area contributed by atoms with Gasteiger partial charge in [0.15, 0.2) is 0 Å². The fourth-order valence-corrected chi connectivity index (χ4v) is 4.44. The molecule has 0 amide bonds. The number of hydrogen-bond acceptors (Lipinski definition) is 8. The molecular formula is C24H32N4O5S. The third kappa shape index (κ3) is 8.03. The average Bonchev–Trinajstić information content (AvgIpc) is 3.32. The van der Waals surface area contributed by atoms with Crippen LogP contribution in [-0.4, -0.2) is 60.2 Å². The van der Waals surface area contributed by atoms with Crippen LogP contribution in [0.4, 0.5) is 0 Å². The van der Waals surface area contributed by atoms with Crippen LogP contribution < -0.4 is 0 Å². The van der Waals surface area contributed by atoms with E-state index in [1.165, 1.54) is 11.8 Å². The van der Waals surface area contributed by atoms with Gasteiger partial charge in [-0.1, -0.05) is 60.1 Å². The molecule has 0 N–H and O–H groups in total. The molecule has 0 aliphatic rings. The van der Waals surface area contributed by atoms with Gasteiger partial charge in [0.25, 0.3) is 5.16 Å². The Bertz CT molecular complexity index is 1140. The summed E-state index contributed by atoms with van der Waals surface area (Å²) in [6, 6.07) is 8.85. The lowest BCUT2D eigenvalue weighted by atomic mass is 10.1. The van der Waals surface area contributed by atoms with Crippen molar-refractivity contribution < 1.29 is 22.7 Å². The van der Waals surface area contributed by atoms with Crippen molar-refractivity contribution in [1.29, 1.82) is 0 Å². The van der Waals surface area contributed by atoms with Gasteiger partial charge in [0.2, 0.25) is 9.84 Å². The number of ether oxygens (including phenoxy) is 2. The van der Waals surface area contributed by atoms with Gasteiger partial charge in [0.05, 0.1) is 24.2 Å². The molecule has 0 fully saturated rings. The second kappa shape index (κ2) is 13.0. The lowest BCUT2D eigenvalue weighted by Gasteiger charge is -2.12. The second-order valence-corrected chi connectivity index (χ2v) is 9.79. The zero-order valence-corrected chi connectivity index (χ0v) is 21.0. The highest BCUT2D eigenvalue weighted by Gasteiger charge is 2.25. The van der Waals surface area contributed by atoms with Crippen LogP contribution in [0.3, 0.4) is 0 Å². The summed E-state index contributed by atoms with van der Waals surface area (Å²) < 4.78 is 37.5. The number of hydrogen-bond donors (Lipinski definition) is 0. The van der Waals surface area contributed by atoms with Crippen molar-refractivity contribution in [3.05, 3.63) is 65.8 Å². The number of sulfone groups is 1. The number of para-hydroxylation sites is 1. The Morgan fingerprint density at radius 3 is 2.53 bits per heavy atom. The molecule has 0 saturated heterocycles. The maximum atomic E-state index is 12.9. The highest BCUT2D eigenvalue weighted by atomic mass is 32.2. The molecular weight excluding hydrogens is 456 g/mol. The molecule has 0 saturated carbocycles. The molecule has 0 aliphatic heterocycles. The average molecular weight is 489 g/mol. The van der Waals surface area contributed by atoms with Gasteiger partial charge >= 0.3 is 5.97 Å². The summed E-state index contributed by atoms with van der Waals surface area (Å²) in [5, 5.41) is 10.9. The molecule has 1 heterocycles. The molecule has 0 bridgehead atoms. The third-order valence-corrected chi connectivity index (χ3v) is 6.50. The molecule has 9 nitrogen and oxygen atoms in total.